The monoisotopic (exact) mass is 389 g/mol. The Balaban J connectivity index is 1.84. The van der Waals surface area contributed by atoms with Crippen LogP contribution in [0.1, 0.15) is 30.6 Å². The van der Waals surface area contributed by atoms with Gasteiger partial charge in [0.05, 0.1) is 12.5 Å². The van der Waals surface area contributed by atoms with Crippen LogP contribution < -0.4 is 11.1 Å². The average molecular weight is 390 g/mol. The van der Waals surface area contributed by atoms with Crippen molar-refractivity contribution in [2.24, 2.45) is 5.73 Å². The van der Waals surface area contributed by atoms with Gasteiger partial charge in [0.1, 0.15) is 4.21 Å². The Kier molecular flexibility index (Phi) is 7.82. The minimum atomic E-state index is -3.37. The van der Waals surface area contributed by atoms with Crippen molar-refractivity contribution in [3.63, 3.8) is 0 Å². The number of carbonyl (C=O) groups is 1. The molecule has 0 radical (unpaired) electrons. The molecular formula is C16H27N3O4S2. The second-order valence-electron chi connectivity index (χ2n) is 6.08. The molecule has 1 unspecified atom stereocenters. The lowest BCUT2D eigenvalue weighted by molar-refractivity contribution is -0.123. The number of hydrogen-bond donors (Lipinski definition) is 2. The molecule has 0 saturated carbocycles. The zero-order valence-electron chi connectivity index (χ0n) is 14.6. The molecular weight excluding hydrogens is 362 g/mol. The molecule has 0 spiro atoms. The summed E-state index contributed by atoms with van der Waals surface area (Å²) in [6.45, 7) is 1.97. The highest BCUT2D eigenvalue weighted by Crippen LogP contribution is 2.27. The largest absolute Gasteiger partial charge is 0.380 e. The van der Waals surface area contributed by atoms with Gasteiger partial charge in [-0.05, 0) is 31.4 Å². The highest BCUT2D eigenvalue weighted by Gasteiger charge is 2.27. The summed E-state index contributed by atoms with van der Waals surface area (Å²) in [6.07, 6.45) is 3.50. The first-order chi connectivity index (χ1) is 12.0. The summed E-state index contributed by atoms with van der Waals surface area (Å²) < 4.78 is 32.3. The molecule has 3 N–H and O–H groups in total. The number of piperidine rings is 1. The molecule has 1 atom stereocenters. The van der Waals surface area contributed by atoms with Crippen molar-refractivity contribution < 1.29 is 17.9 Å². The predicted octanol–water partition coefficient (Wildman–Crippen LogP) is 0.945. The fourth-order valence-electron chi connectivity index (χ4n) is 2.73. The van der Waals surface area contributed by atoms with Gasteiger partial charge < -0.3 is 15.8 Å². The van der Waals surface area contributed by atoms with Gasteiger partial charge in [-0.1, -0.05) is 6.42 Å². The third kappa shape index (κ3) is 5.75. The molecule has 142 valence electrons. The smallest absolute Gasteiger partial charge is 0.252 e. The lowest BCUT2D eigenvalue weighted by Crippen LogP contribution is -2.35. The Morgan fingerprint density at radius 3 is 2.72 bits per heavy atom. The maximum absolute atomic E-state index is 12.6. The van der Waals surface area contributed by atoms with Crippen LogP contribution in [0.15, 0.2) is 16.3 Å². The van der Waals surface area contributed by atoms with Crippen molar-refractivity contribution in [2.75, 3.05) is 33.3 Å². The molecule has 1 amide bonds. The number of rotatable bonds is 9. The number of ether oxygens (including phenoxy) is 1. The molecule has 0 bridgehead atoms. The number of amides is 1. The Bertz CT molecular complexity index is 650. The fraction of sp³-hybridized carbons (Fsp3) is 0.688. The first-order valence-corrected chi connectivity index (χ1v) is 10.8. The number of nitrogens with two attached hydrogens (primary N) is 1. The van der Waals surface area contributed by atoms with Gasteiger partial charge in [0.25, 0.3) is 10.0 Å². The maximum atomic E-state index is 12.6. The van der Waals surface area contributed by atoms with Crippen LogP contribution in [0.25, 0.3) is 0 Å². The average Bonchev–Trinajstić information content (AvgIpc) is 3.10. The molecule has 2 heterocycles. The summed E-state index contributed by atoms with van der Waals surface area (Å²) in [6, 6.07) is 3.49. The number of nitrogens with zero attached hydrogens (tertiary/aromatic N) is 1. The zero-order valence-corrected chi connectivity index (χ0v) is 16.2. The molecule has 0 aromatic carbocycles. The maximum Gasteiger partial charge on any atom is 0.252 e. The first kappa shape index (κ1) is 20.3. The van der Waals surface area contributed by atoms with Gasteiger partial charge in [-0.2, -0.15) is 4.31 Å². The Morgan fingerprint density at radius 2 is 2.08 bits per heavy atom. The Hall–Kier alpha value is -1.00. The number of methoxy groups -OCH3 is 1. The van der Waals surface area contributed by atoms with E-state index in [9.17, 15) is 13.2 Å². The highest BCUT2D eigenvalue weighted by molar-refractivity contribution is 7.91. The van der Waals surface area contributed by atoms with Gasteiger partial charge >= 0.3 is 0 Å². The summed E-state index contributed by atoms with van der Waals surface area (Å²) in [4.78, 5) is 12.7. The van der Waals surface area contributed by atoms with Crippen molar-refractivity contribution in [3.05, 3.63) is 17.0 Å². The molecule has 0 aliphatic carbocycles. The molecule has 1 aliphatic heterocycles. The molecule has 9 heteroatoms. The number of hydrogen-bond acceptors (Lipinski definition) is 6. The van der Waals surface area contributed by atoms with Crippen LogP contribution in [0.5, 0.6) is 0 Å². The van der Waals surface area contributed by atoms with Crippen molar-refractivity contribution in [3.8, 4) is 0 Å². The molecule has 1 saturated heterocycles. The van der Waals surface area contributed by atoms with E-state index in [0.29, 0.717) is 36.8 Å². The minimum absolute atomic E-state index is 0.116. The molecule has 1 aliphatic rings. The molecule has 1 aromatic rings. The second kappa shape index (κ2) is 9.63. The predicted molar refractivity (Wildman–Crippen MR) is 98.1 cm³/mol. The van der Waals surface area contributed by atoms with Crippen LogP contribution in [0.4, 0.5) is 0 Å². The lowest BCUT2D eigenvalue weighted by Gasteiger charge is -2.25. The van der Waals surface area contributed by atoms with Crippen LogP contribution in [0.3, 0.4) is 0 Å². The fourth-order valence-corrected chi connectivity index (χ4v) is 5.76. The van der Waals surface area contributed by atoms with Crippen molar-refractivity contribution in [1.29, 1.82) is 0 Å². The van der Waals surface area contributed by atoms with Crippen LogP contribution in [-0.2, 0) is 26.0 Å². The lowest BCUT2D eigenvalue weighted by atomic mass is 10.2. The van der Waals surface area contributed by atoms with Gasteiger partial charge in [0, 0.05) is 38.2 Å². The third-order valence-electron chi connectivity index (χ3n) is 4.25. The molecule has 2 rings (SSSR count). The van der Waals surface area contributed by atoms with Crippen molar-refractivity contribution >= 4 is 27.3 Å². The Labute approximate surface area is 153 Å². The number of thiophene rings is 1. The van der Waals surface area contributed by atoms with Gasteiger partial charge in [0.15, 0.2) is 0 Å². The molecule has 1 fully saturated rings. The molecule has 25 heavy (non-hydrogen) atoms. The van der Waals surface area contributed by atoms with E-state index in [1.807, 2.05) is 6.07 Å². The standard InChI is InChI=1S/C16H27N3O4S2/c1-23-13(12-17)11-15(20)18-8-7-14-5-6-16(24-14)25(21,22)19-9-3-2-4-10-19/h5-6,13H,2-4,7-12,17H2,1H3,(H,18,20). The van der Waals surface area contributed by atoms with Crippen molar-refractivity contribution in [1.82, 2.24) is 9.62 Å². The third-order valence-corrected chi connectivity index (χ3v) is 7.76. The minimum Gasteiger partial charge on any atom is -0.380 e. The highest BCUT2D eigenvalue weighted by atomic mass is 32.2. The number of nitrogens with one attached hydrogen (secondary N) is 1. The van der Waals surface area contributed by atoms with E-state index < -0.39 is 10.0 Å². The van der Waals surface area contributed by atoms with Gasteiger partial charge in [-0.3, -0.25) is 4.79 Å². The van der Waals surface area contributed by atoms with Gasteiger partial charge in [-0.25, -0.2) is 8.42 Å². The summed E-state index contributed by atoms with van der Waals surface area (Å²) in [5.41, 5.74) is 5.49. The summed E-state index contributed by atoms with van der Waals surface area (Å²) in [5.74, 6) is -0.116. The van der Waals surface area contributed by atoms with Crippen molar-refractivity contribution in [2.45, 2.75) is 42.4 Å². The quantitative estimate of drug-likeness (QED) is 0.655. The van der Waals surface area contributed by atoms with Crippen LogP contribution in [0, 0.1) is 0 Å². The van der Waals surface area contributed by atoms with Crippen LogP contribution in [-0.4, -0.2) is 58.0 Å². The van der Waals surface area contributed by atoms with Gasteiger partial charge in [0.2, 0.25) is 5.91 Å². The van der Waals surface area contributed by atoms with Gasteiger partial charge in [-0.15, -0.1) is 11.3 Å². The van der Waals surface area contributed by atoms with E-state index in [1.165, 1.54) is 18.4 Å². The summed E-state index contributed by atoms with van der Waals surface area (Å²) in [7, 11) is -1.84. The SMILES string of the molecule is COC(CN)CC(=O)NCCc1ccc(S(=O)(=O)N2CCCCC2)s1. The second-order valence-corrected chi connectivity index (χ2v) is 9.42. The van der Waals surface area contributed by atoms with E-state index in [2.05, 4.69) is 5.32 Å². The van der Waals surface area contributed by atoms with E-state index in [1.54, 1.807) is 10.4 Å². The Morgan fingerprint density at radius 1 is 1.36 bits per heavy atom. The zero-order chi connectivity index (χ0) is 18.3. The molecule has 1 aromatic heterocycles. The molecule has 7 nitrogen and oxygen atoms in total. The number of carbonyl (C=O) groups excluding carboxylic acids is 1. The van der Waals surface area contributed by atoms with E-state index in [-0.39, 0.29) is 18.4 Å². The summed E-state index contributed by atoms with van der Waals surface area (Å²) in [5, 5.41) is 2.81. The first-order valence-electron chi connectivity index (χ1n) is 8.55. The normalized spacial score (nSPS) is 17.4. The summed E-state index contributed by atoms with van der Waals surface area (Å²) >= 11 is 1.28. The van der Waals surface area contributed by atoms with E-state index >= 15 is 0 Å². The van der Waals surface area contributed by atoms with Crippen LogP contribution in [0.2, 0.25) is 0 Å². The van der Waals surface area contributed by atoms with E-state index in [0.717, 1.165) is 24.1 Å². The topological polar surface area (TPSA) is 102 Å². The van der Waals surface area contributed by atoms with E-state index in [4.69, 9.17) is 10.5 Å². The number of sulfonamides is 1. The van der Waals surface area contributed by atoms with Crippen LogP contribution >= 0.6 is 11.3 Å².